The average Bonchev–Trinajstić information content (AvgIpc) is 3.42. The summed E-state index contributed by atoms with van der Waals surface area (Å²) < 4.78 is 10.8. The number of hydrogen-bond donors (Lipinski definition) is 1. The van der Waals surface area contributed by atoms with E-state index in [2.05, 4.69) is 11.6 Å². The van der Waals surface area contributed by atoms with Gasteiger partial charge in [-0.25, -0.2) is 9.78 Å². The second-order valence-electron chi connectivity index (χ2n) is 8.84. The zero-order chi connectivity index (χ0) is 28.3. The van der Waals surface area contributed by atoms with Crippen molar-refractivity contribution in [3.8, 4) is 5.75 Å². The van der Waals surface area contributed by atoms with Gasteiger partial charge in [0, 0.05) is 10.6 Å². The molecule has 2 heterocycles. The summed E-state index contributed by atoms with van der Waals surface area (Å²) in [6, 6.07) is 10.7. The van der Waals surface area contributed by atoms with Crippen LogP contribution in [0.15, 0.2) is 60.7 Å². The molecule has 0 radical (unpaired) electrons. The minimum atomic E-state index is -1.01. The summed E-state index contributed by atoms with van der Waals surface area (Å²) in [5.41, 5.74) is 1.83. The highest BCUT2D eigenvalue weighted by Gasteiger charge is 2.48. The van der Waals surface area contributed by atoms with Crippen molar-refractivity contribution in [2.45, 2.75) is 33.2 Å². The number of anilines is 1. The third-order valence-corrected chi connectivity index (χ3v) is 7.45. The largest absolute Gasteiger partial charge is 0.507 e. The maximum Gasteiger partial charge on any atom is 0.350 e. The smallest absolute Gasteiger partial charge is 0.350 e. The van der Waals surface area contributed by atoms with Gasteiger partial charge in [0.15, 0.2) is 5.13 Å². The number of ether oxygens (including phenoxy) is 2. The van der Waals surface area contributed by atoms with Crippen LogP contribution in [-0.2, 0) is 14.3 Å². The fraction of sp³-hybridized carbons (Fsp3) is 0.241. The van der Waals surface area contributed by atoms with Crippen LogP contribution in [0.1, 0.15) is 51.4 Å². The second-order valence-corrected chi connectivity index (χ2v) is 10.3. The predicted octanol–water partition coefficient (Wildman–Crippen LogP) is 6.17. The Hall–Kier alpha value is -3.95. The first-order chi connectivity index (χ1) is 18.7. The first-order valence-corrected chi connectivity index (χ1v) is 13.4. The molecule has 1 unspecified atom stereocenters. The first-order valence-electron chi connectivity index (χ1n) is 12.2. The van der Waals surface area contributed by atoms with E-state index < -0.39 is 23.7 Å². The van der Waals surface area contributed by atoms with Gasteiger partial charge in [0.2, 0.25) is 0 Å². The number of aliphatic hydroxyl groups excluding tert-OH is 1. The van der Waals surface area contributed by atoms with Crippen LogP contribution in [0.3, 0.4) is 0 Å². The van der Waals surface area contributed by atoms with Crippen molar-refractivity contribution >= 4 is 51.5 Å². The number of thiazole rings is 1. The summed E-state index contributed by atoms with van der Waals surface area (Å²) >= 11 is 7.04. The lowest BCUT2D eigenvalue weighted by Crippen LogP contribution is -2.29. The molecule has 1 fully saturated rings. The van der Waals surface area contributed by atoms with Crippen LogP contribution >= 0.6 is 22.9 Å². The maximum atomic E-state index is 13.5. The number of Topliss-reactive ketones (excluding diaryl/α,β-unsaturated/α-hetero) is 1. The Labute approximate surface area is 235 Å². The Kier molecular flexibility index (Phi) is 8.52. The van der Waals surface area contributed by atoms with E-state index in [1.54, 1.807) is 56.3 Å². The Morgan fingerprint density at radius 3 is 2.56 bits per heavy atom. The maximum absolute atomic E-state index is 13.5. The minimum absolute atomic E-state index is 0.0163. The van der Waals surface area contributed by atoms with E-state index in [-0.39, 0.29) is 27.9 Å². The number of nitrogens with zero attached hydrogens (tertiary/aromatic N) is 2. The Morgan fingerprint density at radius 1 is 1.21 bits per heavy atom. The number of benzene rings is 2. The Morgan fingerprint density at radius 2 is 1.92 bits per heavy atom. The molecule has 8 nitrogen and oxygen atoms in total. The van der Waals surface area contributed by atoms with Gasteiger partial charge in [0.05, 0.1) is 23.9 Å². The standard InChI is InChI=1S/C29H27ClN2O6S/c1-5-13-37-20-11-12-21(16(3)15-20)24(33)22-23(18-7-9-19(30)10-8-18)32(27(35)25(22)34)29-31-17(4)26(39-29)28(36)38-14-6-2/h6-12,15,23,33H,2,5,13-14H2,1,3-4H3. The van der Waals surface area contributed by atoms with Crippen LogP contribution in [0, 0.1) is 13.8 Å². The Bertz CT molecular complexity index is 1480. The molecule has 4 rings (SSSR count). The summed E-state index contributed by atoms with van der Waals surface area (Å²) in [5, 5.41) is 12.1. The molecule has 1 atom stereocenters. The molecule has 1 amide bonds. The molecular weight excluding hydrogens is 540 g/mol. The fourth-order valence-electron chi connectivity index (χ4n) is 4.22. The molecule has 39 heavy (non-hydrogen) atoms. The van der Waals surface area contributed by atoms with E-state index in [4.69, 9.17) is 21.1 Å². The zero-order valence-corrected chi connectivity index (χ0v) is 23.3. The van der Waals surface area contributed by atoms with Gasteiger partial charge in [-0.15, -0.1) is 0 Å². The summed E-state index contributed by atoms with van der Waals surface area (Å²) in [7, 11) is 0. The number of halogens is 1. The van der Waals surface area contributed by atoms with Crippen molar-refractivity contribution in [3.63, 3.8) is 0 Å². The van der Waals surface area contributed by atoms with Crippen molar-refractivity contribution in [1.82, 2.24) is 4.98 Å². The van der Waals surface area contributed by atoms with Crippen LogP contribution in [-0.4, -0.2) is 41.0 Å². The Balaban J connectivity index is 1.85. The van der Waals surface area contributed by atoms with Gasteiger partial charge in [-0.2, -0.15) is 0 Å². The molecule has 10 heteroatoms. The normalized spacial score (nSPS) is 16.4. The van der Waals surface area contributed by atoms with Gasteiger partial charge >= 0.3 is 11.9 Å². The van der Waals surface area contributed by atoms with Crippen LogP contribution in [0.5, 0.6) is 5.75 Å². The minimum Gasteiger partial charge on any atom is -0.507 e. The van der Waals surface area contributed by atoms with Crippen LogP contribution < -0.4 is 9.64 Å². The number of hydrogen-bond acceptors (Lipinski definition) is 8. The van der Waals surface area contributed by atoms with Gasteiger partial charge in [-0.3, -0.25) is 14.5 Å². The third-order valence-electron chi connectivity index (χ3n) is 6.07. The molecule has 1 aliphatic heterocycles. The van der Waals surface area contributed by atoms with Crippen molar-refractivity contribution in [2.75, 3.05) is 18.1 Å². The summed E-state index contributed by atoms with van der Waals surface area (Å²) in [4.78, 5) is 45.3. The summed E-state index contributed by atoms with van der Waals surface area (Å²) in [6.07, 6.45) is 2.29. The summed E-state index contributed by atoms with van der Waals surface area (Å²) in [6.45, 7) is 9.49. The van der Waals surface area contributed by atoms with Gasteiger partial charge in [0.1, 0.15) is 23.0 Å². The number of amides is 1. The molecule has 0 aliphatic carbocycles. The quantitative estimate of drug-likeness (QED) is 0.108. The molecule has 2 aromatic carbocycles. The van der Waals surface area contributed by atoms with Gasteiger partial charge in [-0.05, 0) is 61.7 Å². The second kappa shape index (κ2) is 11.8. The van der Waals surface area contributed by atoms with Crippen LogP contribution in [0.2, 0.25) is 5.02 Å². The number of rotatable bonds is 9. The molecule has 1 N–H and O–H groups in total. The van der Waals surface area contributed by atoms with E-state index in [0.717, 1.165) is 17.8 Å². The van der Waals surface area contributed by atoms with E-state index in [0.29, 0.717) is 39.8 Å². The molecular formula is C29H27ClN2O6S. The van der Waals surface area contributed by atoms with Crippen molar-refractivity contribution in [1.29, 1.82) is 0 Å². The predicted molar refractivity (Wildman–Crippen MR) is 151 cm³/mol. The molecule has 0 saturated carbocycles. The van der Waals surface area contributed by atoms with E-state index >= 15 is 0 Å². The number of esters is 1. The number of carbonyl (C=O) groups excluding carboxylic acids is 3. The van der Waals surface area contributed by atoms with E-state index in [1.807, 2.05) is 6.92 Å². The average molecular weight is 567 g/mol. The van der Waals surface area contributed by atoms with Gasteiger partial charge < -0.3 is 14.6 Å². The molecule has 3 aromatic rings. The van der Waals surface area contributed by atoms with Crippen LogP contribution in [0.4, 0.5) is 5.13 Å². The highest BCUT2D eigenvalue weighted by Crippen LogP contribution is 2.44. The zero-order valence-electron chi connectivity index (χ0n) is 21.7. The highest BCUT2D eigenvalue weighted by atomic mass is 35.5. The first kappa shape index (κ1) is 28.1. The third kappa shape index (κ3) is 5.60. The summed E-state index contributed by atoms with van der Waals surface area (Å²) in [5.74, 6) is -2.06. The van der Waals surface area contributed by atoms with Crippen molar-refractivity contribution in [3.05, 3.63) is 93.0 Å². The van der Waals surface area contributed by atoms with Gasteiger partial charge in [0.25, 0.3) is 5.78 Å². The number of aryl methyl sites for hydroxylation is 2. The number of aliphatic hydroxyl groups is 1. The van der Waals surface area contributed by atoms with Crippen LogP contribution in [0.25, 0.3) is 5.76 Å². The number of aromatic nitrogens is 1. The SMILES string of the molecule is C=CCOC(=O)c1sc(N2C(=O)C(=O)C(=C(O)c3ccc(OCCC)cc3C)C2c2ccc(Cl)cc2)nc1C. The fourth-order valence-corrected chi connectivity index (χ4v) is 5.34. The molecule has 1 saturated heterocycles. The number of carbonyl (C=O) groups is 3. The lowest BCUT2D eigenvalue weighted by molar-refractivity contribution is -0.132. The van der Waals surface area contributed by atoms with E-state index in [9.17, 15) is 19.5 Å². The van der Waals surface area contributed by atoms with E-state index in [1.165, 1.54) is 11.0 Å². The van der Waals surface area contributed by atoms with Crippen molar-refractivity contribution in [2.24, 2.45) is 0 Å². The molecule has 1 aromatic heterocycles. The van der Waals surface area contributed by atoms with Crippen molar-refractivity contribution < 1.29 is 29.0 Å². The monoisotopic (exact) mass is 566 g/mol. The number of ketones is 1. The molecule has 0 bridgehead atoms. The highest BCUT2D eigenvalue weighted by molar-refractivity contribution is 7.17. The molecule has 1 aliphatic rings. The topological polar surface area (TPSA) is 106 Å². The molecule has 0 spiro atoms. The molecule has 202 valence electrons. The lowest BCUT2D eigenvalue weighted by atomic mass is 9.94. The van der Waals surface area contributed by atoms with Gasteiger partial charge in [-0.1, -0.05) is 54.6 Å². The lowest BCUT2D eigenvalue weighted by Gasteiger charge is -2.23.